The van der Waals surface area contributed by atoms with E-state index in [1.807, 2.05) is 60.7 Å². The molecule has 1 unspecified atom stereocenters. The summed E-state index contributed by atoms with van der Waals surface area (Å²) in [6.45, 7) is 4.37. The number of unbranched alkanes of at least 4 members (excludes halogenated alkanes) is 3. The van der Waals surface area contributed by atoms with E-state index in [9.17, 15) is 10.1 Å². The van der Waals surface area contributed by atoms with E-state index >= 15 is 0 Å². The van der Waals surface area contributed by atoms with Gasteiger partial charge in [0.05, 0.1) is 47.0 Å². The van der Waals surface area contributed by atoms with E-state index in [4.69, 9.17) is 28.6 Å². The van der Waals surface area contributed by atoms with Gasteiger partial charge in [-0.2, -0.15) is 10.2 Å². The fourth-order valence-electron chi connectivity index (χ4n) is 4.93. The molecular weight excluding hydrogens is 600 g/mol. The summed E-state index contributed by atoms with van der Waals surface area (Å²) in [5, 5.41) is 20.2. The molecule has 4 aromatic carbocycles. The van der Waals surface area contributed by atoms with Crippen molar-refractivity contribution < 1.29 is 38.6 Å². The van der Waals surface area contributed by atoms with E-state index in [0.29, 0.717) is 30.5 Å². The van der Waals surface area contributed by atoms with Crippen LogP contribution in [0.2, 0.25) is 0 Å². The Balaban J connectivity index is 1.32. The van der Waals surface area contributed by atoms with Crippen LogP contribution in [0.3, 0.4) is 0 Å². The largest absolute Gasteiger partial charge is 0.494 e. The molecule has 0 heterocycles. The van der Waals surface area contributed by atoms with Crippen molar-refractivity contribution in [1.82, 2.24) is 0 Å². The zero-order valence-corrected chi connectivity index (χ0v) is 26.9. The van der Waals surface area contributed by atoms with Crippen LogP contribution in [-0.2, 0) is 14.4 Å². The van der Waals surface area contributed by atoms with Crippen LogP contribution in [0.15, 0.2) is 95.7 Å². The standard InChI is InChI=1S/C37H40N2O8/c1-5-35(40)46-19-9-7-6-8-18-45-32-16-14-28(15-17-32)36(47-41)31-13-12-29-20-26(10-11-30(29)23-31)24-38-39-25-27-21-33(42-2)37(44-4)34(22-27)43-3/h5,10-17,20-25,36,41H,1,6-9,18-19H2,2-4H3/b38-24+,39-25+. The van der Waals surface area contributed by atoms with E-state index in [-0.39, 0.29) is 5.97 Å². The van der Waals surface area contributed by atoms with Gasteiger partial charge >= 0.3 is 5.97 Å². The van der Waals surface area contributed by atoms with Gasteiger partial charge in [0.25, 0.3) is 0 Å². The highest BCUT2D eigenvalue weighted by atomic mass is 17.1. The van der Waals surface area contributed by atoms with Crippen molar-refractivity contribution in [3.8, 4) is 23.0 Å². The third kappa shape index (κ3) is 9.90. The average Bonchev–Trinajstić information content (AvgIpc) is 3.11. The molecule has 4 rings (SSSR count). The molecule has 246 valence electrons. The van der Waals surface area contributed by atoms with E-state index in [1.165, 1.54) is 6.08 Å². The van der Waals surface area contributed by atoms with E-state index in [2.05, 4.69) is 16.8 Å². The Morgan fingerprint density at radius 3 is 2.00 bits per heavy atom. The molecule has 0 amide bonds. The van der Waals surface area contributed by atoms with Crippen molar-refractivity contribution in [2.45, 2.75) is 31.8 Å². The molecule has 1 atom stereocenters. The number of rotatable bonds is 18. The van der Waals surface area contributed by atoms with E-state index in [1.54, 1.807) is 45.9 Å². The topological polar surface area (TPSA) is 117 Å². The zero-order chi connectivity index (χ0) is 33.4. The third-order valence-corrected chi connectivity index (χ3v) is 7.37. The Morgan fingerprint density at radius 2 is 1.36 bits per heavy atom. The maximum Gasteiger partial charge on any atom is 0.330 e. The summed E-state index contributed by atoms with van der Waals surface area (Å²) in [6, 6.07) is 22.9. The average molecular weight is 641 g/mol. The zero-order valence-electron chi connectivity index (χ0n) is 26.9. The summed E-state index contributed by atoms with van der Waals surface area (Å²) in [5.41, 5.74) is 3.23. The van der Waals surface area contributed by atoms with Gasteiger partial charge in [-0.05, 0) is 89.5 Å². The maximum absolute atomic E-state index is 11.0. The van der Waals surface area contributed by atoms with Crippen LogP contribution in [0.5, 0.6) is 23.0 Å². The molecular formula is C37H40N2O8. The Hall–Kier alpha value is -5.19. The molecule has 0 saturated carbocycles. The van der Waals surface area contributed by atoms with Gasteiger partial charge < -0.3 is 23.7 Å². The number of esters is 1. The molecule has 0 radical (unpaired) electrons. The summed E-state index contributed by atoms with van der Waals surface area (Å²) in [5.74, 6) is 1.93. The number of fused-ring (bicyclic) bond motifs is 1. The monoisotopic (exact) mass is 640 g/mol. The molecule has 0 spiro atoms. The second-order valence-electron chi connectivity index (χ2n) is 10.5. The van der Waals surface area contributed by atoms with Gasteiger partial charge in [0.2, 0.25) is 5.75 Å². The fourth-order valence-corrected chi connectivity index (χ4v) is 4.93. The first-order chi connectivity index (χ1) is 23.0. The van der Waals surface area contributed by atoms with Crippen LogP contribution in [0, 0.1) is 0 Å². The number of hydrogen-bond donors (Lipinski definition) is 1. The van der Waals surface area contributed by atoms with Crippen molar-refractivity contribution in [1.29, 1.82) is 0 Å². The van der Waals surface area contributed by atoms with Crippen LogP contribution in [0.1, 0.15) is 54.0 Å². The second-order valence-corrected chi connectivity index (χ2v) is 10.5. The van der Waals surface area contributed by atoms with Crippen LogP contribution >= 0.6 is 0 Å². The van der Waals surface area contributed by atoms with Gasteiger partial charge in [-0.25, -0.2) is 9.68 Å². The van der Waals surface area contributed by atoms with E-state index < -0.39 is 6.10 Å². The number of carbonyl (C=O) groups excluding carboxylic acids is 1. The van der Waals surface area contributed by atoms with Crippen molar-refractivity contribution in [3.05, 3.63) is 108 Å². The minimum absolute atomic E-state index is 0.389. The summed E-state index contributed by atoms with van der Waals surface area (Å²) in [4.78, 5) is 16.0. The molecule has 0 aliphatic rings. The Bertz CT molecular complexity index is 1660. The number of hydrogen-bond acceptors (Lipinski definition) is 10. The molecule has 0 aromatic heterocycles. The van der Waals surface area contributed by atoms with Crippen LogP contribution < -0.4 is 18.9 Å². The number of nitrogens with zero attached hydrogens (tertiary/aromatic N) is 2. The smallest absolute Gasteiger partial charge is 0.330 e. The van der Waals surface area contributed by atoms with Gasteiger partial charge in [-0.3, -0.25) is 5.26 Å². The lowest BCUT2D eigenvalue weighted by atomic mass is 9.97. The minimum atomic E-state index is -0.658. The van der Waals surface area contributed by atoms with Crippen molar-refractivity contribution >= 4 is 29.2 Å². The van der Waals surface area contributed by atoms with Gasteiger partial charge in [0.15, 0.2) is 11.5 Å². The van der Waals surface area contributed by atoms with Gasteiger partial charge in [0, 0.05) is 11.6 Å². The summed E-state index contributed by atoms with van der Waals surface area (Å²) >= 11 is 0. The Kier molecular flexibility index (Phi) is 13.3. The molecule has 0 saturated heterocycles. The summed E-state index contributed by atoms with van der Waals surface area (Å²) in [7, 11) is 4.68. The molecule has 4 aromatic rings. The van der Waals surface area contributed by atoms with Crippen LogP contribution in [0.4, 0.5) is 0 Å². The molecule has 47 heavy (non-hydrogen) atoms. The van der Waals surface area contributed by atoms with Crippen molar-refractivity contribution in [2.24, 2.45) is 10.2 Å². The predicted octanol–water partition coefficient (Wildman–Crippen LogP) is 7.57. The number of carbonyl (C=O) groups is 1. The lowest BCUT2D eigenvalue weighted by Crippen LogP contribution is -2.04. The lowest BCUT2D eigenvalue weighted by molar-refractivity contribution is -0.270. The molecule has 0 bridgehead atoms. The number of ether oxygens (including phenoxy) is 5. The van der Waals surface area contributed by atoms with Gasteiger partial charge in [-0.15, -0.1) is 0 Å². The first-order valence-electron chi connectivity index (χ1n) is 15.2. The van der Waals surface area contributed by atoms with Crippen molar-refractivity contribution in [3.63, 3.8) is 0 Å². The Morgan fingerprint density at radius 1 is 0.745 bits per heavy atom. The molecule has 0 aliphatic carbocycles. The minimum Gasteiger partial charge on any atom is -0.494 e. The molecule has 0 aliphatic heterocycles. The second kappa shape index (κ2) is 18.1. The lowest BCUT2D eigenvalue weighted by Gasteiger charge is -2.16. The summed E-state index contributed by atoms with van der Waals surface area (Å²) in [6.07, 6.45) is 7.44. The molecule has 1 N–H and O–H groups in total. The normalized spacial score (nSPS) is 11.9. The highest BCUT2D eigenvalue weighted by molar-refractivity contribution is 5.91. The molecule has 10 nitrogen and oxygen atoms in total. The quantitative estimate of drug-likeness (QED) is 0.0296. The predicted molar refractivity (Wildman–Crippen MR) is 182 cm³/mol. The third-order valence-electron chi connectivity index (χ3n) is 7.37. The first-order valence-corrected chi connectivity index (χ1v) is 15.2. The maximum atomic E-state index is 11.0. The van der Waals surface area contributed by atoms with Gasteiger partial charge in [0.1, 0.15) is 11.9 Å². The number of benzene rings is 4. The van der Waals surface area contributed by atoms with Crippen molar-refractivity contribution in [2.75, 3.05) is 34.5 Å². The summed E-state index contributed by atoms with van der Waals surface area (Å²) < 4.78 is 27.0. The molecule has 0 fully saturated rings. The van der Waals surface area contributed by atoms with Crippen LogP contribution in [-0.4, -0.2) is 58.2 Å². The SMILES string of the molecule is C=CC(=O)OCCCCCCOc1ccc(C(OO)c2ccc3cc(/C=N/N=C/c4cc(OC)c(OC)c(OC)c4)ccc3c2)cc1. The van der Waals surface area contributed by atoms with Gasteiger partial charge in [-0.1, -0.05) is 43.0 Å². The molecule has 10 heteroatoms. The number of methoxy groups -OCH3 is 3. The van der Waals surface area contributed by atoms with Crippen LogP contribution in [0.25, 0.3) is 10.8 Å². The van der Waals surface area contributed by atoms with E-state index in [0.717, 1.165) is 64.5 Å². The highest BCUT2D eigenvalue weighted by Gasteiger charge is 2.16. The highest BCUT2D eigenvalue weighted by Crippen LogP contribution is 2.37. The Labute approximate surface area is 274 Å². The fraction of sp³-hybridized carbons (Fsp3) is 0.270. The first kappa shape index (κ1) is 34.7.